The van der Waals surface area contributed by atoms with Crippen molar-refractivity contribution in [1.29, 1.82) is 0 Å². The van der Waals surface area contributed by atoms with Crippen LogP contribution in [0.2, 0.25) is 0 Å². The standard InChI is InChI=1S/C53H38N2O/c1-2-16-44(17-3-1)55(45-27-23-37(24-28-45)47-20-10-15-36-12-6-8-18-46(36)47)51-34-43(33-40-14-7-9-19-48(40)51)39-25-29-49-41(31-39)26-30-50-52(49)56-53(54-50)42-22-21-35-11-4-5-13-38(35)32-42/h1-2,4-14,16,18-34,36H,3,15,17H2. The molecular formula is C53H38N2O. The maximum absolute atomic E-state index is 6.52. The number of aromatic nitrogens is 1. The zero-order valence-corrected chi connectivity index (χ0v) is 30.9. The Morgan fingerprint density at radius 2 is 1.36 bits per heavy atom. The molecule has 266 valence electrons. The van der Waals surface area contributed by atoms with E-state index in [1.165, 1.54) is 55.2 Å². The van der Waals surface area contributed by atoms with Crippen molar-refractivity contribution in [3.63, 3.8) is 0 Å². The van der Waals surface area contributed by atoms with Crippen LogP contribution < -0.4 is 4.90 Å². The highest BCUT2D eigenvalue weighted by Gasteiger charge is 2.22. The third-order valence-electron chi connectivity index (χ3n) is 11.6. The van der Waals surface area contributed by atoms with Crippen molar-refractivity contribution in [1.82, 2.24) is 4.98 Å². The lowest BCUT2D eigenvalue weighted by atomic mass is 9.82. The summed E-state index contributed by atoms with van der Waals surface area (Å²) in [5.41, 5.74) is 12.6. The van der Waals surface area contributed by atoms with E-state index >= 15 is 0 Å². The van der Waals surface area contributed by atoms with Gasteiger partial charge in [-0.1, -0.05) is 127 Å². The van der Waals surface area contributed by atoms with Crippen molar-refractivity contribution in [3.8, 4) is 22.6 Å². The molecule has 1 unspecified atom stereocenters. The highest BCUT2D eigenvalue weighted by molar-refractivity contribution is 6.06. The van der Waals surface area contributed by atoms with Crippen LogP contribution in [0, 0.1) is 5.92 Å². The topological polar surface area (TPSA) is 29.3 Å². The molecule has 7 aromatic carbocycles. The Labute approximate surface area is 326 Å². The van der Waals surface area contributed by atoms with Gasteiger partial charge in [-0.3, -0.25) is 0 Å². The highest BCUT2D eigenvalue weighted by atomic mass is 16.3. The summed E-state index contributed by atoms with van der Waals surface area (Å²) in [6.07, 6.45) is 23.3. The van der Waals surface area contributed by atoms with Gasteiger partial charge in [0.2, 0.25) is 5.89 Å². The first-order valence-corrected chi connectivity index (χ1v) is 19.6. The molecule has 1 heterocycles. The van der Waals surface area contributed by atoms with E-state index in [0.717, 1.165) is 57.9 Å². The summed E-state index contributed by atoms with van der Waals surface area (Å²) in [4.78, 5) is 7.39. The molecule has 0 amide bonds. The number of hydrogen-bond acceptors (Lipinski definition) is 3. The Morgan fingerprint density at radius 1 is 0.589 bits per heavy atom. The quantitative estimate of drug-likeness (QED) is 0.171. The average molecular weight is 719 g/mol. The zero-order chi connectivity index (χ0) is 37.0. The summed E-state index contributed by atoms with van der Waals surface area (Å²) >= 11 is 0. The molecule has 0 fully saturated rings. The highest BCUT2D eigenvalue weighted by Crippen LogP contribution is 2.43. The van der Waals surface area contributed by atoms with Crippen molar-refractivity contribution in [3.05, 3.63) is 205 Å². The molecule has 0 spiro atoms. The molecule has 1 aromatic heterocycles. The predicted molar refractivity (Wildman–Crippen MR) is 235 cm³/mol. The van der Waals surface area contributed by atoms with Crippen LogP contribution in [0.5, 0.6) is 0 Å². The van der Waals surface area contributed by atoms with E-state index in [4.69, 9.17) is 9.40 Å². The molecule has 3 aliphatic carbocycles. The lowest BCUT2D eigenvalue weighted by Crippen LogP contribution is -2.18. The molecule has 56 heavy (non-hydrogen) atoms. The molecule has 1 atom stereocenters. The summed E-state index contributed by atoms with van der Waals surface area (Å²) in [6.45, 7) is 0. The van der Waals surface area contributed by atoms with Gasteiger partial charge in [0.15, 0.2) is 5.58 Å². The predicted octanol–water partition coefficient (Wildman–Crippen LogP) is 14.4. The Bertz CT molecular complexity index is 3060. The number of oxazole rings is 1. The zero-order valence-electron chi connectivity index (χ0n) is 30.9. The van der Waals surface area contributed by atoms with Crippen molar-refractivity contribution in [2.24, 2.45) is 5.92 Å². The van der Waals surface area contributed by atoms with Gasteiger partial charge in [-0.25, -0.2) is 4.98 Å². The number of benzene rings is 7. The van der Waals surface area contributed by atoms with Crippen molar-refractivity contribution < 1.29 is 4.42 Å². The first-order chi connectivity index (χ1) is 27.7. The van der Waals surface area contributed by atoms with Gasteiger partial charge in [0, 0.05) is 33.6 Å². The van der Waals surface area contributed by atoms with Crippen LogP contribution in [0.25, 0.3) is 71.6 Å². The minimum atomic E-state index is 0.453. The molecule has 3 heteroatoms. The fourth-order valence-electron chi connectivity index (χ4n) is 8.78. The van der Waals surface area contributed by atoms with Crippen molar-refractivity contribution in [2.45, 2.75) is 19.3 Å². The van der Waals surface area contributed by atoms with E-state index in [1.54, 1.807) is 0 Å². The lowest BCUT2D eigenvalue weighted by Gasteiger charge is -2.31. The van der Waals surface area contributed by atoms with Crippen LogP contribution in [-0.2, 0) is 0 Å². The molecule has 8 aromatic rings. The molecule has 0 N–H and O–H groups in total. The number of anilines is 2. The van der Waals surface area contributed by atoms with Gasteiger partial charge in [-0.15, -0.1) is 0 Å². The normalized spacial score (nSPS) is 16.3. The second-order valence-corrected chi connectivity index (χ2v) is 15.0. The van der Waals surface area contributed by atoms with Gasteiger partial charge in [0.05, 0.1) is 5.69 Å². The van der Waals surface area contributed by atoms with E-state index < -0.39 is 0 Å². The first kappa shape index (κ1) is 32.5. The Balaban J connectivity index is 1.01. The fraction of sp³-hybridized carbons (Fsp3) is 0.0755. The summed E-state index contributed by atoms with van der Waals surface area (Å²) in [6, 6.07) is 48.4. The van der Waals surface area contributed by atoms with E-state index in [9.17, 15) is 0 Å². The SMILES string of the molecule is C1=CCCC(N(c2ccc(C3=C4C=CC=CC4CC=C3)cc2)c2cc(-c3ccc4c(ccc5nc(-c6ccc7ccccc7c6)oc54)c3)cc3ccccc23)=C1. The van der Waals surface area contributed by atoms with Crippen molar-refractivity contribution in [2.75, 3.05) is 4.90 Å². The van der Waals surface area contributed by atoms with Crippen LogP contribution in [0.1, 0.15) is 24.8 Å². The monoisotopic (exact) mass is 718 g/mol. The first-order valence-electron chi connectivity index (χ1n) is 19.6. The van der Waals surface area contributed by atoms with Crippen LogP contribution >= 0.6 is 0 Å². The number of hydrogen-bond donors (Lipinski definition) is 0. The maximum Gasteiger partial charge on any atom is 0.227 e. The van der Waals surface area contributed by atoms with Gasteiger partial charge in [0.25, 0.3) is 0 Å². The molecule has 3 aliphatic rings. The summed E-state index contributed by atoms with van der Waals surface area (Å²) in [7, 11) is 0. The Morgan fingerprint density at radius 3 is 2.25 bits per heavy atom. The average Bonchev–Trinajstić information content (AvgIpc) is 3.72. The van der Waals surface area contributed by atoms with Crippen molar-refractivity contribution >= 4 is 60.4 Å². The van der Waals surface area contributed by atoms with Gasteiger partial charge in [-0.05, 0) is 129 Å². The van der Waals surface area contributed by atoms with Gasteiger partial charge < -0.3 is 9.32 Å². The van der Waals surface area contributed by atoms with Gasteiger partial charge >= 0.3 is 0 Å². The number of nitrogens with zero attached hydrogens (tertiary/aromatic N) is 2. The van der Waals surface area contributed by atoms with E-state index in [2.05, 4.69) is 193 Å². The largest absolute Gasteiger partial charge is 0.435 e. The minimum absolute atomic E-state index is 0.453. The molecule has 0 saturated heterocycles. The third-order valence-corrected chi connectivity index (χ3v) is 11.6. The maximum atomic E-state index is 6.52. The Hall–Kier alpha value is -6.97. The second kappa shape index (κ2) is 13.4. The molecule has 0 bridgehead atoms. The second-order valence-electron chi connectivity index (χ2n) is 15.0. The third kappa shape index (κ3) is 5.63. The molecular weight excluding hydrogens is 681 g/mol. The van der Waals surface area contributed by atoms with Crippen LogP contribution in [0.15, 0.2) is 204 Å². The van der Waals surface area contributed by atoms with Gasteiger partial charge in [0.1, 0.15) is 5.52 Å². The summed E-state index contributed by atoms with van der Waals surface area (Å²) < 4.78 is 6.52. The van der Waals surface area contributed by atoms with Crippen LogP contribution in [0.4, 0.5) is 11.4 Å². The van der Waals surface area contributed by atoms with E-state index in [0.29, 0.717) is 11.8 Å². The minimum Gasteiger partial charge on any atom is -0.435 e. The Kier molecular flexibility index (Phi) is 7.77. The van der Waals surface area contributed by atoms with E-state index in [-0.39, 0.29) is 0 Å². The van der Waals surface area contributed by atoms with Gasteiger partial charge in [-0.2, -0.15) is 0 Å². The van der Waals surface area contributed by atoms with E-state index in [1.807, 2.05) is 0 Å². The van der Waals surface area contributed by atoms with Crippen LogP contribution in [0.3, 0.4) is 0 Å². The molecule has 11 rings (SSSR count). The number of fused-ring (bicyclic) bond motifs is 6. The summed E-state index contributed by atoms with van der Waals surface area (Å²) in [5, 5.41) is 6.99. The number of rotatable bonds is 6. The molecule has 0 radical (unpaired) electrons. The van der Waals surface area contributed by atoms with Crippen LogP contribution in [-0.4, -0.2) is 4.98 Å². The smallest absolute Gasteiger partial charge is 0.227 e. The fourth-order valence-corrected chi connectivity index (χ4v) is 8.78. The lowest BCUT2D eigenvalue weighted by molar-refractivity contribution is 0.623. The number of allylic oxidation sites excluding steroid dienone is 12. The molecule has 0 saturated carbocycles. The summed E-state index contributed by atoms with van der Waals surface area (Å²) in [5.74, 6) is 1.09. The molecule has 3 nitrogen and oxygen atoms in total. The molecule has 0 aliphatic heterocycles.